The summed E-state index contributed by atoms with van der Waals surface area (Å²) < 4.78 is 14.8. The Balaban J connectivity index is 1.76. The maximum absolute atomic E-state index is 13.2. The lowest BCUT2D eigenvalue weighted by Crippen LogP contribution is -2.32. The highest BCUT2D eigenvalue weighted by molar-refractivity contribution is 5.92. The van der Waals surface area contributed by atoms with Crippen LogP contribution >= 0.6 is 0 Å². The molecule has 1 aromatic carbocycles. The minimum Gasteiger partial charge on any atom is -0.391 e. The van der Waals surface area contributed by atoms with E-state index in [1.807, 2.05) is 0 Å². The van der Waals surface area contributed by atoms with Gasteiger partial charge in [-0.3, -0.25) is 9.48 Å². The number of halogens is 1. The van der Waals surface area contributed by atoms with E-state index in [4.69, 9.17) is 0 Å². The quantitative estimate of drug-likeness (QED) is 0.902. The molecule has 2 heterocycles. The van der Waals surface area contributed by atoms with Gasteiger partial charge in [-0.25, -0.2) is 4.39 Å². The summed E-state index contributed by atoms with van der Waals surface area (Å²) >= 11 is 0. The van der Waals surface area contributed by atoms with E-state index in [0.717, 1.165) is 12.0 Å². The van der Waals surface area contributed by atoms with Gasteiger partial charge in [0.1, 0.15) is 5.82 Å². The third kappa shape index (κ3) is 4.04. The van der Waals surface area contributed by atoms with Crippen LogP contribution in [0.4, 0.5) is 4.39 Å². The zero-order valence-corrected chi connectivity index (χ0v) is 14.5. The number of benzene rings is 1. The first-order valence-corrected chi connectivity index (χ1v) is 8.58. The van der Waals surface area contributed by atoms with E-state index in [1.54, 1.807) is 27.9 Å². The summed E-state index contributed by atoms with van der Waals surface area (Å²) in [6.07, 6.45) is 2.43. The Morgan fingerprint density at radius 1 is 1.36 bits per heavy atom. The maximum Gasteiger partial charge on any atom is 0.276 e. The molecule has 0 aliphatic carbocycles. The minimum absolute atomic E-state index is 0.236. The summed E-state index contributed by atoms with van der Waals surface area (Å²) in [6.45, 7) is 5.20. The van der Waals surface area contributed by atoms with E-state index in [9.17, 15) is 14.3 Å². The molecule has 7 heteroatoms. The zero-order chi connectivity index (χ0) is 18.0. The molecule has 1 aliphatic rings. The van der Waals surface area contributed by atoms with Crippen LogP contribution in [0.15, 0.2) is 30.5 Å². The second kappa shape index (κ2) is 7.31. The fourth-order valence-corrected chi connectivity index (χ4v) is 3.08. The molecule has 0 saturated carbocycles. The number of carbonyl (C=O) groups is 1. The van der Waals surface area contributed by atoms with Crippen LogP contribution in [0.2, 0.25) is 0 Å². The molecule has 1 fully saturated rings. The highest BCUT2D eigenvalue weighted by Gasteiger charge is 2.36. The summed E-state index contributed by atoms with van der Waals surface area (Å²) in [4.78, 5) is 14.4. The number of hydrogen-bond acceptors (Lipinski definition) is 4. The van der Waals surface area contributed by atoms with Crippen molar-refractivity contribution >= 4 is 5.91 Å². The summed E-state index contributed by atoms with van der Waals surface area (Å²) in [5.41, 5.74) is 1.07. The lowest BCUT2D eigenvalue weighted by molar-refractivity contribution is 0.0709. The van der Waals surface area contributed by atoms with Gasteiger partial charge < -0.3 is 10.0 Å². The predicted molar refractivity (Wildman–Crippen MR) is 90.3 cm³/mol. The Hall–Kier alpha value is -2.28. The van der Waals surface area contributed by atoms with Gasteiger partial charge in [-0.05, 0) is 36.5 Å². The zero-order valence-electron chi connectivity index (χ0n) is 14.5. The lowest BCUT2D eigenvalue weighted by Gasteiger charge is -2.23. The second-order valence-electron chi connectivity index (χ2n) is 6.96. The molecule has 1 saturated heterocycles. The van der Waals surface area contributed by atoms with Crippen molar-refractivity contribution in [2.24, 2.45) is 5.92 Å². The van der Waals surface area contributed by atoms with Gasteiger partial charge in [0.2, 0.25) is 0 Å². The molecule has 3 rings (SSSR count). The van der Waals surface area contributed by atoms with E-state index in [0.29, 0.717) is 18.9 Å². The van der Waals surface area contributed by atoms with Gasteiger partial charge in [-0.2, -0.15) is 0 Å². The second-order valence-corrected chi connectivity index (χ2v) is 6.96. The molecule has 25 heavy (non-hydrogen) atoms. The number of likely N-dealkylation sites (tertiary alicyclic amines) is 1. The molecule has 1 N–H and O–H groups in total. The SMILES string of the molecule is CC(C)CCn1cc(C(=O)N2C[C@@H](O)C[C@H]2c2ccc(F)cc2)nn1. The number of aromatic nitrogens is 3. The summed E-state index contributed by atoms with van der Waals surface area (Å²) in [6, 6.07) is 5.75. The smallest absolute Gasteiger partial charge is 0.276 e. The first kappa shape index (κ1) is 17.5. The van der Waals surface area contributed by atoms with Gasteiger partial charge >= 0.3 is 0 Å². The van der Waals surface area contributed by atoms with E-state index in [2.05, 4.69) is 24.2 Å². The van der Waals surface area contributed by atoms with Crippen molar-refractivity contribution in [3.05, 3.63) is 47.5 Å². The van der Waals surface area contributed by atoms with E-state index in [-0.39, 0.29) is 30.0 Å². The van der Waals surface area contributed by atoms with Gasteiger partial charge in [0.25, 0.3) is 5.91 Å². The van der Waals surface area contributed by atoms with Crippen molar-refractivity contribution in [3.63, 3.8) is 0 Å². The average molecular weight is 346 g/mol. The number of aliphatic hydroxyl groups is 1. The molecule has 1 aromatic heterocycles. The van der Waals surface area contributed by atoms with Crippen LogP contribution in [0, 0.1) is 11.7 Å². The number of amides is 1. The summed E-state index contributed by atoms with van der Waals surface area (Å²) in [5.74, 6) is -0.0464. The Bertz CT molecular complexity index is 729. The monoisotopic (exact) mass is 346 g/mol. The Labute approximate surface area is 146 Å². The number of rotatable bonds is 5. The molecule has 6 nitrogen and oxygen atoms in total. The van der Waals surface area contributed by atoms with Crippen molar-refractivity contribution in [3.8, 4) is 0 Å². The first-order chi connectivity index (χ1) is 11.9. The van der Waals surface area contributed by atoms with Crippen LogP contribution in [-0.2, 0) is 6.54 Å². The summed E-state index contributed by atoms with van der Waals surface area (Å²) in [5, 5.41) is 18.0. The lowest BCUT2D eigenvalue weighted by atomic mass is 10.0. The Kier molecular flexibility index (Phi) is 5.13. The average Bonchev–Trinajstić information content (AvgIpc) is 3.20. The topological polar surface area (TPSA) is 71.2 Å². The number of β-amino-alcohol motifs (C(OH)–C–C–N with tert-alkyl or cyclic N) is 1. The molecule has 0 bridgehead atoms. The van der Waals surface area contributed by atoms with Crippen LogP contribution in [-0.4, -0.2) is 43.6 Å². The van der Waals surface area contributed by atoms with Gasteiger partial charge in [-0.15, -0.1) is 5.10 Å². The molecular formula is C18H23FN4O2. The number of aliphatic hydroxyl groups excluding tert-OH is 1. The van der Waals surface area contributed by atoms with Crippen molar-refractivity contribution in [1.29, 1.82) is 0 Å². The number of carbonyl (C=O) groups excluding carboxylic acids is 1. The van der Waals surface area contributed by atoms with Crippen LogP contribution < -0.4 is 0 Å². The third-order valence-electron chi connectivity index (χ3n) is 4.49. The van der Waals surface area contributed by atoms with Crippen LogP contribution in [0.5, 0.6) is 0 Å². The van der Waals surface area contributed by atoms with E-state index >= 15 is 0 Å². The highest BCUT2D eigenvalue weighted by Crippen LogP contribution is 2.33. The fourth-order valence-electron chi connectivity index (χ4n) is 3.08. The van der Waals surface area contributed by atoms with E-state index in [1.165, 1.54) is 12.1 Å². The molecule has 0 spiro atoms. The molecule has 2 atom stereocenters. The molecule has 134 valence electrons. The first-order valence-electron chi connectivity index (χ1n) is 8.58. The largest absolute Gasteiger partial charge is 0.391 e. The van der Waals surface area contributed by atoms with Gasteiger partial charge in [0.15, 0.2) is 5.69 Å². The maximum atomic E-state index is 13.2. The van der Waals surface area contributed by atoms with Crippen LogP contribution in [0.25, 0.3) is 0 Å². The molecular weight excluding hydrogens is 323 g/mol. The normalized spacial score (nSPS) is 20.4. The molecule has 0 unspecified atom stereocenters. The van der Waals surface area contributed by atoms with Crippen molar-refractivity contribution < 1.29 is 14.3 Å². The molecule has 1 amide bonds. The van der Waals surface area contributed by atoms with Gasteiger partial charge in [0, 0.05) is 13.1 Å². The fraction of sp³-hybridized carbons (Fsp3) is 0.500. The minimum atomic E-state index is -0.602. The highest BCUT2D eigenvalue weighted by atomic mass is 19.1. The summed E-state index contributed by atoms with van der Waals surface area (Å²) in [7, 11) is 0. The molecule has 2 aromatic rings. The number of hydrogen-bond donors (Lipinski definition) is 1. The van der Waals surface area contributed by atoms with Crippen molar-refractivity contribution in [2.45, 2.75) is 45.4 Å². The van der Waals surface area contributed by atoms with Gasteiger partial charge in [-0.1, -0.05) is 31.2 Å². The van der Waals surface area contributed by atoms with Crippen molar-refractivity contribution in [1.82, 2.24) is 19.9 Å². The van der Waals surface area contributed by atoms with Crippen molar-refractivity contribution in [2.75, 3.05) is 6.54 Å². The predicted octanol–water partition coefficient (Wildman–Crippen LogP) is 2.41. The molecule has 1 aliphatic heterocycles. The number of aryl methyl sites for hydroxylation is 1. The van der Waals surface area contributed by atoms with Crippen LogP contribution in [0.1, 0.15) is 48.8 Å². The molecule has 0 radical (unpaired) electrons. The van der Waals surface area contributed by atoms with Gasteiger partial charge in [0.05, 0.1) is 18.3 Å². The standard InChI is InChI=1S/C18H23FN4O2/c1-12(2)7-8-22-11-16(20-21-22)18(25)23-10-15(24)9-17(23)13-3-5-14(19)6-4-13/h3-6,11-12,15,17,24H,7-10H2,1-2H3/t15-,17-/m0/s1. The van der Waals surface area contributed by atoms with Crippen LogP contribution in [0.3, 0.4) is 0 Å². The Morgan fingerprint density at radius 3 is 2.76 bits per heavy atom. The Morgan fingerprint density at radius 2 is 2.08 bits per heavy atom. The third-order valence-corrected chi connectivity index (χ3v) is 4.49. The van der Waals surface area contributed by atoms with E-state index < -0.39 is 6.10 Å². The number of nitrogens with zero attached hydrogens (tertiary/aromatic N) is 4.